The van der Waals surface area contributed by atoms with Crippen LogP contribution in [0.25, 0.3) is 5.57 Å². The summed E-state index contributed by atoms with van der Waals surface area (Å²) in [6.45, 7) is 0.227. The number of nitrogens with zero attached hydrogens (tertiary/aromatic N) is 1. The number of aliphatic hydroxyl groups is 1. The molecule has 1 amide bonds. The third-order valence-corrected chi connectivity index (χ3v) is 5.67. The van der Waals surface area contributed by atoms with Gasteiger partial charge < -0.3 is 24.6 Å². The average Bonchev–Trinajstić information content (AvgIpc) is 3.09. The van der Waals surface area contributed by atoms with Crippen LogP contribution in [0.1, 0.15) is 33.1 Å². The lowest BCUT2D eigenvalue weighted by Crippen LogP contribution is -2.29. The molecule has 3 aromatic carbocycles. The second kappa shape index (κ2) is 9.08. The number of hydrogen-bond donors (Lipinski definition) is 2. The van der Waals surface area contributed by atoms with Gasteiger partial charge in [0.1, 0.15) is 11.5 Å². The SMILES string of the molecule is COc1ccc(C2=C(O)C(=O)N(Cc3cccc(OC)c3)C2c2ccc(C(=O)O)cc2)cc1. The summed E-state index contributed by atoms with van der Waals surface area (Å²) in [6, 6.07) is 20.2. The van der Waals surface area contributed by atoms with Crippen molar-refractivity contribution in [2.24, 2.45) is 0 Å². The van der Waals surface area contributed by atoms with E-state index in [0.717, 1.165) is 5.56 Å². The zero-order valence-corrected chi connectivity index (χ0v) is 18.2. The van der Waals surface area contributed by atoms with E-state index in [1.807, 2.05) is 24.3 Å². The highest BCUT2D eigenvalue weighted by Crippen LogP contribution is 2.44. The molecule has 2 N–H and O–H groups in total. The number of methoxy groups -OCH3 is 2. The maximum Gasteiger partial charge on any atom is 0.335 e. The zero-order valence-electron chi connectivity index (χ0n) is 18.2. The third-order valence-electron chi connectivity index (χ3n) is 5.67. The Kier molecular flexibility index (Phi) is 6.04. The standard InChI is InChI=1S/C26H23NO6/c1-32-20-12-10-17(11-13-20)22-23(18-6-8-19(9-7-18)26(30)31)27(25(29)24(22)28)15-16-4-3-5-21(14-16)33-2/h3-14,23,28H,15H2,1-2H3,(H,30,31). The van der Waals surface area contributed by atoms with Gasteiger partial charge in [0.15, 0.2) is 5.76 Å². The molecule has 1 aliphatic heterocycles. The molecular formula is C26H23NO6. The van der Waals surface area contributed by atoms with Crippen LogP contribution in [0.15, 0.2) is 78.6 Å². The molecule has 0 radical (unpaired) electrons. The normalized spacial score (nSPS) is 15.6. The molecule has 0 spiro atoms. The number of benzene rings is 3. The summed E-state index contributed by atoms with van der Waals surface area (Å²) in [5, 5.41) is 20.2. The Balaban J connectivity index is 1.79. The fraction of sp³-hybridized carbons (Fsp3) is 0.154. The second-order valence-electron chi connectivity index (χ2n) is 7.61. The number of hydrogen-bond acceptors (Lipinski definition) is 5. The van der Waals surface area contributed by atoms with Crippen molar-refractivity contribution < 1.29 is 29.3 Å². The Morgan fingerprint density at radius 1 is 0.939 bits per heavy atom. The summed E-state index contributed by atoms with van der Waals surface area (Å²) < 4.78 is 10.5. The summed E-state index contributed by atoms with van der Waals surface area (Å²) in [5.74, 6) is -0.565. The molecule has 1 aliphatic rings. The fourth-order valence-corrected chi connectivity index (χ4v) is 4.00. The first-order chi connectivity index (χ1) is 15.9. The highest BCUT2D eigenvalue weighted by atomic mass is 16.5. The molecule has 0 saturated heterocycles. The molecule has 168 valence electrons. The first kappa shape index (κ1) is 22.0. The summed E-state index contributed by atoms with van der Waals surface area (Å²) in [5.41, 5.74) is 2.78. The van der Waals surface area contributed by atoms with Crippen molar-refractivity contribution >= 4 is 17.4 Å². The molecule has 7 nitrogen and oxygen atoms in total. The minimum Gasteiger partial charge on any atom is -0.503 e. The quantitative estimate of drug-likeness (QED) is 0.558. The Morgan fingerprint density at radius 2 is 1.61 bits per heavy atom. The molecule has 33 heavy (non-hydrogen) atoms. The lowest BCUT2D eigenvalue weighted by atomic mass is 9.92. The molecule has 4 rings (SSSR count). The number of carboxylic acids is 1. The second-order valence-corrected chi connectivity index (χ2v) is 7.61. The van der Waals surface area contributed by atoms with Crippen LogP contribution in [-0.4, -0.2) is 41.2 Å². The van der Waals surface area contributed by atoms with Crippen LogP contribution in [-0.2, 0) is 11.3 Å². The first-order valence-electron chi connectivity index (χ1n) is 10.3. The minimum absolute atomic E-state index is 0.140. The monoisotopic (exact) mass is 445 g/mol. The van der Waals surface area contributed by atoms with Crippen molar-refractivity contribution in [3.8, 4) is 11.5 Å². The summed E-state index contributed by atoms with van der Waals surface area (Å²) in [7, 11) is 3.13. The highest BCUT2D eigenvalue weighted by molar-refractivity contribution is 6.05. The van der Waals surface area contributed by atoms with Crippen LogP contribution in [0.5, 0.6) is 11.5 Å². The summed E-state index contributed by atoms with van der Waals surface area (Å²) in [4.78, 5) is 26.1. The molecule has 0 aliphatic carbocycles. The van der Waals surface area contributed by atoms with Crippen LogP contribution in [0.4, 0.5) is 0 Å². The molecule has 1 heterocycles. The van der Waals surface area contributed by atoms with Crippen LogP contribution in [0, 0.1) is 0 Å². The van der Waals surface area contributed by atoms with Gasteiger partial charge in [-0.1, -0.05) is 36.4 Å². The Hall–Kier alpha value is -4.26. The van der Waals surface area contributed by atoms with E-state index in [2.05, 4.69) is 0 Å². The van der Waals surface area contributed by atoms with Gasteiger partial charge in [-0.2, -0.15) is 0 Å². The average molecular weight is 445 g/mol. The predicted molar refractivity (Wildman–Crippen MR) is 122 cm³/mol. The molecule has 0 bridgehead atoms. The van der Waals surface area contributed by atoms with Crippen molar-refractivity contribution in [3.63, 3.8) is 0 Å². The van der Waals surface area contributed by atoms with Crippen LogP contribution >= 0.6 is 0 Å². The molecular weight excluding hydrogens is 422 g/mol. The third kappa shape index (κ3) is 4.25. The summed E-state index contributed by atoms with van der Waals surface area (Å²) in [6.07, 6.45) is 0. The maximum atomic E-state index is 13.2. The number of carbonyl (C=O) groups excluding carboxylic acids is 1. The minimum atomic E-state index is -1.04. The Bertz CT molecular complexity index is 1210. The van der Waals surface area contributed by atoms with Crippen molar-refractivity contribution in [3.05, 3.63) is 101 Å². The van der Waals surface area contributed by atoms with Gasteiger partial charge in [-0.05, 0) is 53.1 Å². The van der Waals surface area contributed by atoms with Gasteiger partial charge in [0, 0.05) is 12.1 Å². The van der Waals surface area contributed by atoms with E-state index in [-0.39, 0.29) is 17.9 Å². The number of carboxylic acid groups (broad SMARTS) is 1. The molecule has 0 saturated carbocycles. The first-order valence-corrected chi connectivity index (χ1v) is 10.3. The molecule has 0 aromatic heterocycles. The van der Waals surface area contributed by atoms with E-state index in [1.165, 1.54) is 12.1 Å². The van der Waals surface area contributed by atoms with Gasteiger partial charge in [0.25, 0.3) is 5.91 Å². The van der Waals surface area contributed by atoms with Crippen LogP contribution in [0.3, 0.4) is 0 Å². The van der Waals surface area contributed by atoms with E-state index in [9.17, 15) is 19.8 Å². The van der Waals surface area contributed by atoms with Gasteiger partial charge in [-0.15, -0.1) is 0 Å². The molecule has 1 atom stereocenters. The van der Waals surface area contributed by atoms with Crippen molar-refractivity contribution in [2.75, 3.05) is 14.2 Å². The number of carbonyl (C=O) groups is 2. The van der Waals surface area contributed by atoms with Crippen molar-refractivity contribution in [1.82, 2.24) is 4.90 Å². The van der Waals surface area contributed by atoms with Crippen molar-refractivity contribution in [1.29, 1.82) is 0 Å². The van der Waals surface area contributed by atoms with Gasteiger partial charge in [-0.3, -0.25) is 4.79 Å². The fourth-order valence-electron chi connectivity index (χ4n) is 4.00. The largest absolute Gasteiger partial charge is 0.503 e. The van der Waals surface area contributed by atoms with Crippen LogP contribution < -0.4 is 9.47 Å². The van der Waals surface area contributed by atoms with E-state index in [1.54, 1.807) is 55.5 Å². The molecule has 3 aromatic rings. The predicted octanol–water partition coefficient (Wildman–Crippen LogP) is 4.45. The number of ether oxygens (including phenoxy) is 2. The molecule has 0 fully saturated rings. The smallest absolute Gasteiger partial charge is 0.335 e. The number of amides is 1. The highest BCUT2D eigenvalue weighted by Gasteiger charge is 2.41. The maximum absolute atomic E-state index is 13.2. The van der Waals surface area contributed by atoms with E-state index in [4.69, 9.17) is 9.47 Å². The lowest BCUT2D eigenvalue weighted by Gasteiger charge is -2.28. The van der Waals surface area contributed by atoms with Crippen LogP contribution in [0.2, 0.25) is 0 Å². The Labute approximate surface area is 191 Å². The number of rotatable bonds is 7. The van der Waals surface area contributed by atoms with Gasteiger partial charge in [-0.25, -0.2) is 4.79 Å². The Morgan fingerprint density at radius 3 is 2.21 bits per heavy atom. The van der Waals surface area contributed by atoms with Gasteiger partial charge in [0.2, 0.25) is 0 Å². The molecule has 7 heteroatoms. The van der Waals surface area contributed by atoms with Crippen molar-refractivity contribution in [2.45, 2.75) is 12.6 Å². The number of aliphatic hydroxyl groups excluding tert-OH is 1. The number of aromatic carboxylic acids is 1. The lowest BCUT2D eigenvalue weighted by molar-refractivity contribution is -0.130. The van der Waals surface area contributed by atoms with E-state index < -0.39 is 17.9 Å². The van der Waals surface area contributed by atoms with Gasteiger partial charge in [0.05, 0.1) is 25.8 Å². The van der Waals surface area contributed by atoms with E-state index in [0.29, 0.717) is 28.2 Å². The summed E-state index contributed by atoms with van der Waals surface area (Å²) >= 11 is 0. The van der Waals surface area contributed by atoms with Gasteiger partial charge >= 0.3 is 5.97 Å². The zero-order chi connectivity index (χ0) is 23.5. The molecule has 1 unspecified atom stereocenters. The topological polar surface area (TPSA) is 96.3 Å². The van der Waals surface area contributed by atoms with E-state index >= 15 is 0 Å².